The fourth-order valence-electron chi connectivity index (χ4n) is 2.47. The number of benzene rings is 2. The minimum absolute atomic E-state index is 0.000413. The fourth-order valence-corrected chi connectivity index (χ4v) is 3.33. The Balaban J connectivity index is 1.62. The molecule has 0 saturated carbocycles. The third-order valence-corrected chi connectivity index (χ3v) is 4.49. The van der Waals surface area contributed by atoms with E-state index in [-0.39, 0.29) is 18.1 Å². The topological polar surface area (TPSA) is 54.9 Å². The van der Waals surface area contributed by atoms with Crippen LogP contribution in [0.4, 0.5) is 10.1 Å². The van der Waals surface area contributed by atoms with Crippen molar-refractivity contribution in [2.45, 2.75) is 30.3 Å². The molecule has 3 rings (SSSR count). The third-order valence-electron chi connectivity index (χ3n) is 3.62. The Hall–Kier alpha value is -2.73. The van der Waals surface area contributed by atoms with E-state index in [1.165, 1.54) is 17.8 Å². The van der Waals surface area contributed by atoms with Gasteiger partial charge in [-0.15, -0.1) is 0 Å². The minimum atomic E-state index is -0.372. The number of nitrogens with zero attached hydrogens (tertiary/aromatic N) is 2. The number of hydrogen-bond donors (Lipinski definition) is 1. The number of halogens is 1. The number of carbonyl (C=O) groups is 1. The van der Waals surface area contributed by atoms with Crippen LogP contribution in [0.15, 0.2) is 64.6 Å². The van der Waals surface area contributed by atoms with Gasteiger partial charge in [-0.2, -0.15) is 0 Å². The van der Waals surface area contributed by atoms with Crippen molar-refractivity contribution in [2.75, 3.05) is 5.32 Å². The van der Waals surface area contributed by atoms with Gasteiger partial charge in [0.2, 0.25) is 5.91 Å². The molecule has 1 amide bonds. The van der Waals surface area contributed by atoms with Gasteiger partial charge >= 0.3 is 0 Å². The number of hydrogen-bond acceptors (Lipinski definition) is 4. The molecule has 2 aromatic carbocycles. The van der Waals surface area contributed by atoms with Crippen LogP contribution in [0.1, 0.15) is 17.0 Å². The average Bonchev–Trinajstić information content (AvgIpc) is 2.58. The first-order chi connectivity index (χ1) is 12.5. The zero-order valence-corrected chi connectivity index (χ0v) is 15.3. The first-order valence-electron chi connectivity index (χ1n) is 8.13. The Morgan fingerprint density at radius 1 is 1.04 bits per heavy atom. The molecule has 4 nitrogen and oxygen atoms in total. The zero-order valence-electron chi connectivity index (χ0n) is 14.5. The first kappa shape index (κ1) is 18.1. The number of aryl methyl sites for hydroxylation is 2. The monoisotopic (exact) mass is 367 g/mol. The molecular weight excluding hydrogens is 349 g/mol. The van der Waals surface area contributed by atoms with Crippen LogP contribution in [0.3, 0.4) is 0 Å². The van der Waals surface area contributed by atoms with Gasteiger partial charge in [0.05, 0.1) is 6.42 Å². The molecule has 0 saturated heterocycles. The molecule has 0 spiro atoms. The van der Waals surface area contributed by atoms with Crippen LogP contribution in [-0.2, 0) is 11.2 Å². The molecule has 0 atom stereocenters. The van der Waals surface area contributed by atoms with Crippen molar-refractivity contribution in [1.82, 2.24) is 9.97 Å². The van der Waals surface area contributed by atoms with E-state index in [9.17, 15) is 9.18 Å². The van der Waals surface area contributed by atoms with E-state index in [2.05, 4.69) is 15.3 Å². The second-order valence-corrected chi connectivity index (χ2v) is 6.92. The average molecular weight is 367 g/mol. The summed E-state index contributed by atoms with van der Waals surface area (Å²) in [6, 6.07) is 15.6. The molecule has 0 aliphatic carbocycles. The smallest absolute Gasteiger partial charge is 0.228 e. The quantitative estimate of drug-likeness (QED) is 0.672. The van der Waals surface area contributed by atoms with Crippen LogP contribution >= 0.6 is 11.8 Å². The van der Waals surface area contributed by atoms with Crippen molar-refractivity contribution in [3.8, 4) is 0 Å². The first-order valence-corrected chi connectivity index (χ1v) is 8.95. The van der Waals surface area contributed by atoms with Gasteiger partial charge in [-0.1, -0.05) is 18.2 Å². The molecule has 6 heteroatoms. The van der Waals surface area contributed by atoms with Crippen LogP contribution in [0, 0.1) is 19.7 Å². The molecule has 26 heavy (non-hydrogen) atoms. The predicted molar refractivity (Wildman–Crippen MR) is 101 cm³/mol. The lowest BCUT2D eigenvalue weighted by Crippen LogP contribution is -2.15. The Morgan fingerprint density at radius 3 is 2.35 bits per heavy atom. The molecule has 0 radical (unpaired) electrons. The lowest BCUT2D eigenvalue weighted by Gasteiger charge is -2.07. The molecule has 0 fully saturated rings. The van der Waals surface area contributed by atoms with Crippen LogP contribution in [0.5, 0.6) is 0 Å². The van der Waals surface area contributed by atoms with E-state index >= 15 is 0 Å². The minimum Gasteiger partial charge on any atom is -0.326 e. The largest absolute Gasteiger partial charge is 0.326 e. The molecule has 0 unspecified atom stereocenters. The Bertz CT molecular complexity index is 908. The number of amides is 1. The van der Waals surface area contributed by atoms with Gasteiger partial charge in [0.15, 0.2) is 5.16 Å². The highest BCUT2D eigenvalue weighted by Crippen LogP contribution is 2.26. The summed E-state index contributed by atoms with van der Waals surface area (Å²) >= 11 is 1.46. The molecular formula is C20H18FN3OS. The van der Waals surface area contributed by atoms with Crippen LogP contribution in [-0.4, -0.2) is 15.9 Å². The third kappa shape index (κ3) is 4.89. The number of nitrogens with one attached hydrogen (secondary N) is 1. The predicted octanol–water partition coefficient (Wildman–Crippen LogP) is 4.56. The Labute approximate surface area is 155 Å². The van der Waals surface area contributed by atoms with E-state index in [4.69, 9.17) is 0 Å². The SMILES string of the molecule is Cc1cc(C)nc(Sc2ccc(NC(=O)Cc3ccccc3F)cc2)n1. The van der Waals surface area contributed by atoms with Gasteiger partial charge in [-0.3, -0.25) is 4.79 Å². The van der Waals surface area contributed by atoms with Crippen LogP contribution < -0.4 is 5.32 Å². The summed E-state index contributed by atoms with van der Waals surface area (Å²) in [6.07, 6.45) is -0.000413. The molecule has 0 aliphatic heterocycles. The van der Waals surface area contributed by atoms with Gasteiger partial charge in [0.1, 0.15) is 5.82 Å². The van der Waals surface area contributed by atoms with Crippen molar-refractivity contribution >= 4 is 23.4 Å². The zero-order chi connectivity index (χ0) is 18.5. The number of aromatic nitrogens is 2. The highest BCUT2D eigenvalue weighted by Gasteiger charge is 2.08. The van der Waals surface area contributed by atoms with Crippen molar-refractivity contribution in [2.24, 2.45) is 0 Å². The molecule has 1 aromatic heterocycles. The van der Waals surface area contributed by atoms with E-state index in [1.807, 2.05) is 44.2 Å². The van der Waals surface area contributed by atoms with Gasteiger partial charge in [0, 0.05) is 22.0 Å². The summed E-state index contributed by atoms with van der Waals surface area (Å²) in [6.45, 7) is 3.87. The molecule has 1 heterocycles. The van der Waals surface area contributed by atoms with Crippen LogP contribution in [0.25, 0.3) is 0 Å². The summed E-state index contributed by atoms with van der Waals surface area (Å²) < 4.78 is 13.6. The number of rotatable bonds is 5. The molecule has 0 bridgehead atoms. The van der Waals surface area contributed by atoms with Crippen molar-refractivity contribution in [3.05, 3.63) is 77.4 Å². The maximum absolute atomic E-state index is 13.6. The summed E-state index contributed by atoms with van der Waals surface area (Å²) in [5.41, 5.74) is 2.90. The maximum Gasteiger partial charge on any atom is 0.228 e. The lowest BCUT2D eigenvalue weighted by atomic mass is 10.1. The second-order valence-electron chi connectivity index (χ2n) is 5.88. The number of carbonyl (C=O) groups excluding carboxylic acids is 1. The molecule has 0 aliphatic rings. The second kappa shape index (κ2) is 8.10. The summed E-state index contributed by atoms with van der Waals surface area (Å²) in [5.74, 6) is -0.629. The summed E-state index contributed by atoms with van der Waals surface area (Å²) in [5, 5.41) is 3.47. The van der Waals surface area contributed by atoms with E-state index in [0.29, 0.717) is 16.4 Å². The summed E-state index contributed by atoms with van der Waals surface area (Å²) in [7, 11) is 0. The van der Waals surface area contributed by atoms with Gasteiger partial charge in [-0.25, -0.2) is 14.4 Å². The molecule has 1 N–H and O–H groups in total. The Kier molecular flexibility index (Phi) is 5.63. The van der Waals surface area contributed by atoms with Crippen molar-refractivity contribution < 1.29 is 9.18 Å². The molecule has 3 aromatic rings. The normalized spacial score (nSPS) is 10.6. The van der Waals surface area contributed by atoms with E-state index in [0.717, 1.165) is 16.3 Å². The van der Waals surface area contributed by atoms with E-state index in [1.54, 1.807) is 18.2 Å². The Morgan fingerprint density at radius 2 is 1.69 bits per heavy atom. The summed E-state index contributed by atoms with van der Waals surface area (Å²) in [4.78, 5) is 21.9. The number of anilines is 1. The highest BCUT2D eigenvalue weighted by atomic mass is 32.2. The van der Waals surface area contributed by atoms with Gasteiger partial charge in [-0.05, 0) is 67.6 Å². The van der Waals surface area contributed by atoms with Crippen molar-refractivity contribution in [3.63, 3.8) is 0 Å². The van der Waals surface area contributed by atoms with Gasteiger partial charge in [0.25, 0.3) is 0 Å². The van der Waals surface area contributed by atoms with Crippen LogP contribution in [0.2, 0.25) is 0 Å². The fraction of sp³-hybridized carbons (Fsp3) is 0.150. The standard InChI is InChI=1S/C20H18FN3OS/c1-13-11-14(2)23-20(22-13)26-17-9-7-16(8-10-17)24-19(25)12-15-5-3-4-6-18(15)21/h3-11H,12H2,1-2H3,(H,24,25). The lowest BCUT2D eigenvalue weighted by molar-refractivity contribution is -0.115. The van der Waals surface area contributed by atoms with E-state index < -0.39 is 0 Å². The maximum atomic E-state index is 13.6. The molecule has 132 valence electrons. The van der Waals surface area contributed by atoms with Crippen molar-refractivity contribution in [1.29, 1.82) is 0 Å². The van der Waals surface area contributed by atoms with Gasteiger partial charge < -0.3 is 5.32 Å². The highest BCUT2D eigenvalue weighted by molar-refractivity contribution is 7.99.